The van der Waals surface area contributed by atoms with E-state index in [0.29, 0.717) is 5.69 Å². The van der Waals surface area contributed by atoms with Crippen molar-refractivity contribution in [3.05, 3.63) is 28.2 Å². The van der Waals surface area contributed by atoms with Crippen molar-refractivity contribution in [1.82, 2.24) is 0 Å². The number of rotatable bonds is 4. The Bertz CT molecular complexity index is 798. The van der Waals surface area contributed by atoms with E-state index >= 15 is 0 Å². The van der Waals surface area contributed by atoms with Gasteiger partial charge in [0.15, 0.2) is 6.61 Å². The number of ether oxygens (including phenoxy) is 2. The molecule has 0 aromatic heterocycles. The Morgan fingerprint density at radius 3 is 2.85 bits per heavy atom. The number of nitrogens with one attached hydrogen (secondary N) is 1. The first-order valence-electron chi connectivity index (χ1n) is 8.44. The number of halogens is 2. The lowest BCUT2D eigenvalue weighted by Gasteiger charge is -2.26. The van der Waals surface area contributed by atoms with Crippen molar-refractivity contribution >= 4 is 55.4 Å². The van der Waals surface area contributed by atoms with Crippen molar-refractivity contribution in [1.29, 1.82) is 0 Å². The maximum atomic E-state index is 12.5. The van der Waals surface area contributed by atoms with Gasteiger partial charge in [0.1, 0.15) is 6.10 Å². The zero-order valence-corrected chi connectivity index (χ0v) is 17.1. The summed E-state index contributed by atoms with van der Waals surface area (Å²) in [5, 5.41) is 2.70. The fourth-order valence-electron chi connectivity index (χ4n) is 4.45. The first-order chi connectivity index (χ1) is 12.4. The number of benzene rings is 1. The normalized spacial score (nSPS) is 33.9. The summed E-state index contributed by atoms with van der Waals surface area (Å²) in [4.78, 5) is 36.6. The predicted molar refractivity (Wildman–Crippen MR) is 99.6 cm³/mol. The molecule has 3 fully saturated rings. The third kappa shape index (κ3) is 2.87. The largest absolute Gasteiger partial charge is 0.461 e. The number of hydrogen-bond donors (Lipinski definition) is 1. The number of fused-ring (bicyclic) bond motifs is 1. The van der Waals surface area contributed by atoms with Crippen LogP contribution < -0.4 is 5.32 Å². The number of anilines is 1. The monoisotopic (exact) mass is 485 g/mol. The Labute approximate surface area is 167 Å². The molecule has 6 atom stereocenters. The predicted octanol–water partition coefficient (Wildman–Crippen LogP) is 2.81. The minimum absolute atomic E-state index is 0.0196. The number of carbonyl (C=O) groups is 3. The van der Waals surface area contributed by atoms with Crippen molar-refractivity contribution in [2.45, 2.75) is 24.3 Å². The SMILES string of the molecule is Cc1cc(NC(=O)COC(=O)[C@@H]2[C@H]3C[C@H]4[C@H](OC(=O)[C@H]42)[C@@H]3Br)ccc1Br. The van der Waals surface area contributed by atoms with Crippen LogP contribution in [0.2, 0.25) is 0 Å². The van der Waals surface area contributed by atoms with Crippen LogP contribution in [0.1, 0.15) is 12.0 Å². The van der Waals surface area contributed by atoms with Gasteiger partial charge in [-0.1, -0.05) is 31.9 Å². The molecule has 8 heteroatoms. The fraction of sp³-hybridized carbons (Fsp3) is 0.500. The van der Waals surface area contributed by atoms with Gasteiger partial charge in [-0.3, -0.25) is 14.4 Å². The van der Waals surface area contributed by atoms with Crippen LogP contribution in [0.25, 0.3) is 0 Å². The highest BCUT2D eigenvalue weighted by atomic mass is 79.9. The van der Waals surface area contributed by atoms with Crippen LogP contribution in [0, 0.1) is 30.6 Å². The second-order valence-electron chi connectivity index (χ2n) is 7.08. The van der Waals surface area contributed by atoms with E-state index in [4.69, 9.17) is 9.47 Å². The molecule has 1 heterocycles. The lowest BCUT2D eigenvalue weighted by atomic mass is 9.80. The third-order valence-electron chi connectivity index (χ3n) is 5.58. The molecule has 2 aliphatic carbocycles. The lowest BCUT2D eigenvalue weighted by Crippen LogP contribution is -2.39. The number of esters is 2. The molecule has 0 spiro atoms. The molecule has 0 unspecified atom stereocenters. The molecule has 4 rings (SSSR count). The van der Waals surface area contributed by atoms with Crippen molar-refractivity contribution in [3.8, 4) is 0 Å². The molecule has 3 aliphatic rings. The Hall–Kier alpha value is -1.41. The van der Waals surface area contributed by atoms with E-state index in [-0.39, 0.29) is 35.3 Å². The molecule has 1 N–H and O–H groups in total. The summed E-state index contributed by atoms with van der Waals surface area (Å²) in [6, 6.07) is 5.42. The van der Waals surface area contributed by atoms with Crippen LogP contribution in [0.5, 0.6) is 0 Å². The van der Waals surface area contributed by atoms with Gasteiger partial charge in [-0.15, -0.1) is 0 Å². The molecule has 2 saturated carbocycles. The van der Waals surface area contributed by atoms with E-state index in [9.17, 15) is 14.4 Å². The van der Waals surface area contributed by atoms with Crippen molar-refractivity contribution in [3.63, 3.8) is 0 Å². The van der Waals surface area contributed by atoms with Crippen LogP contribution in [-0.2, 0) is 23.9 Å². The van der Waals surface area contributed by atoms with Crippen LogP contribution in [0.3, 0.4) is 0 Å². The van der Waals surface area contributed by atoms with Gasteiger partial charge in [0.2, 0.25) is 0 Å². The second kappa shape index (κ2) is 6.64. The average molecular weight is 487 g/mol. The van der Waals surface area contributed by atoms with Gasteiger partial charge < -0.3 is 14.8 Å². The molecule has 26 heavy (non-hydrogen) atoms. The number of amides is 1. The molecular formula is C18H17Br2NO5. The summed E-state index contributed by atoms with van der Waals surface area (Å²) in [6.07, 6.45) is 0.645. The Balaban J connectivity index is 1.36. The van der Waals surface area contributed by atoms with E-state index in [1.807, 2.05) is 19.1 Å². The van der Waals surface area contributed by atoms with Gasteiger partial charge in [0.25, 0.3) is 5.91 Å². The van der Waals surface area contributed by atoms with Crippen molar-refractivity contribution < 1.29 is 23.9 Å². The molecule has 138 valence electrons. The summed E-state index contributed by atoms with van der Waals surface area (Å²) in [5.41, 5.74) is 1.62. The van der Waals surface area contributed by atoms with E-state index in [1.54, 1.807) is 6.07 Å². The summed E-state index contributed by atoms with van der Waals surface area (Å²) < 4.78 is 11.6. The summed E-state index contributed by atoms with van der Waals surface area (Å²) in [7, 11) is 0. The highest BCUT2D eigenvalue weighted by Crippen LogP contribution is 2.60. The van der Waals surface area contributed by atoms with E-state index in [2.05, 4.69) is 37.2 Å². The minimum atomic E-state index is -0.529. The molecule has 2 bridgehead atoms. The molecule has 6 nitrogen and oxygen atoms in total. The van der Waals surface area contributed by atoms with Gasteiger partial charge in [-0.25, -0.2) is 0 Å². The fourth-order valence-corrected chi connectivity index (χ4v) is 5.74. The topological polar surface area (TPSA) is 81.7 Å². The van der Waals surface area contributed by atoms with E-state index in [0.717, 1.165) is 16.5 Å². The highest BCUT2D eigenvalue weighted by molar-refractivity contribution is 9.10. The van der Waals surface area contributed by atoms with Crippen LogP contribution in [0.4, 0.5) is 5.69 Å². The van der Waals surface area contributed by atoms with Gasteiger partial charge in [0, 0.05) is 16.1 Å². The van der Waals surface area contributed by atoms with Gasteiger partial charge in [-0.05, 0) is 43.0 Å². The zero-order chi connectivity index (χ0) is 18.6. The lowest BCUT2D eigenvalue weighted by molar-refractivity contribution is -0.157. The van der Waals surface area contributed by atoms with Crippen molar-refractivity contribution in [2.75, 3.05) is 11.9 Å². The molecule has 1 aliphatic heterocycles. The molecule has 0 radical (unpaired) electrons. The van der Waals surface area contributed by atoms with E-state index < -0.39 is 23.7 Å². The Morgan fingerprint density at radius 1 is 1.35 bits per heavy atom. The number of aryl methyl sites for hydroxylation is 1. The summed E-state index contributed by atoms with van der Waals surface area (Å²) in [6.45, 7) is 1.54. The maximum absolute atomic E-state index is 12.5. The molecule has 1 aromatic rings. The average Bonchev–Trinajstić information content (AvgIpc) is 3.20. The summed E-state index contributed by atoms with van der Waals surface area (Å²) in [5.74, 6) is -2.08. The standard InChI is InChI=1S/C18H17Br2NO5/c1-7-4-8(2-3-11(7)19)21-12(22)6-25-17(23)13-9-5-10-14(13)18(24)26-16(10)15(9)20/h2-4,9-10,13-16H,5-6H2,1H3,(H,21,22)/t9-,10-,13-,14-,15-,16+/m1/s1. The first-order valence-corrected chi connectivity index (χ1v) is 10.1. The highest BCUT2D eigenvalue weighted by Gasteiger charge is 2.68. The quantitative estimate of drug-likeness (QED) is 0.522. The van der Waals surface area contributed by atoms with Crippen LogP contribution in [-0.4, -0.2) is 35.4 Å². The second-order valence-corrected chi connectivity index (χ2v) is 8.99. The summed E-state index contributed by atoms with van der Waals surface area (Å²) >= 11 is 6.95. The maximum Gasteiger partial charge on any atom is 0.310 e. The van der Waals surface area contributed by atoms with Crippen LogP contribution >= 0.6 is 31.9 Å². The molecular weight excluding hydrogens is 470 g/mol. The third-order valence-corrected chi connectivity index (χ3v) is 7.67. The smallest absolute Gasteiger partial charge is 0.310 e. The first kappa shape index (κ1) is 18.0. The molecule has 1 saturated heterocycles. The van der Waals surface area contributed by atoms with Crippen molar-refractivity contribution in [2.24, 2.45) is 23.7 Å². The Morgan fingerprint density at radius 2 is 2.12 bits per heavy atom. The Kier molecular flexibility index (Phi) is 4.59. The minimum Gasteiger partial charge on any atom is -0.461 e. The molecule has 1 amide bonds. The van der Waals surface area contributed by atoms with Gasteiger partial charge in [-0.2, -0.15) is 0 Å². The number of alkyl halides is 1. The molecule has 1 aromatic carbocycles. The van der Waals surface area contributed by atoms with Gasteiger partial charge in [0.05, 0.1) is 16.7 Å². The van der Waals surface area contributed by atoms with E-state index in [1.165, 1.54) is 0 Å². The van der Waals surface area contributed by atoms with Gasteiger partial charge >= 0.3 is 11.9 Å². The number of carbonyl (C=O) groups excluding carboxylic acids is 3. The van der Waals surface area contributed by atoms with Crippen LogP contribution in [0.15, 0.2) is 22.7 Å². The zero-order valence-electron chi connectivity index (χ0n) is 13.9. The number of hydrogen-bond acceptors (Lipinski definition) is 5.